The van der Waals surface area contributed by atoms with Gasteiger partial charge in [-0.15, -0.1) is 0 Å². The zero-order valence-corrected chi connectivity index (χ0v) is 12.5. The standard InChI is InChI=1S/C13H19N3O5/c1-5-9-11(8(4)21-16-9)12(18)20-6-10(17)15-13(19)14-7(2)3/h7H,5-6H2,1-4H3,(H2,14,15,17,19). The maximum Gasteiger partial charge on any atom is 0.344 e. The number of nitrogens with one attached hydrogen (secondary N) is 2. The number of amides is 3. The van der Waals surface area contributed by atoms with E-state index in [1.165, 1.54) is 0 Å². The minimum Gasteiger partial charge on any atom is -0.452 e. The van der Waals surface area contributed by atoms with Gasteiger partial charge in [0.25, 0.3) is 5.91 Å². The van der Waals surface area contributed by atoms with E-state index < -0.39 is 24.5 Å². The smallest absolute Gasteiger partial charge is 0.344 e. The van der Waals surface area contributed by atoms with E-state index in [0.717, 1.165) is 0 Å². The van der Waals surface area contributed by atoms with Crippen LogP contribution in [0.3, 0.4) is 0 Å². The lowest BCUT2D eigenvalue weighted by atomic mass is 10.1. The summed E-state index contributed by atoms with van der Waals surface area (Å²) in [5.41, 5.74) is 0.687. The Morgan fingerprint density at radius 1 is 1.33 bits per heavy atom. The number of aryl methyl sites for hydroxylation is 2. The summed E-state index contributed by atoms with van der Waals surface area (Å²) >= 11 is 0. The Bertz CT molecular complexity index is 536. The van der Waals surface area contributed by atoms with Crippen molar-refractivity contribution in [2.45, 2.75) is 40.2 Å². The molecule has 0 bridgehead atoms. The van der Waals surface area contributed by atoms with Crippen molar-refractivity contribution in [1.29, 1.82) is 0 Å². The van der Waals surface area contributed by atoms with Gasteiger partial charge in [-0.3, -0.25) is 10.1 Å². The number of ether oxygens (including phenoxy) is 1. The molecule has 8 nitrogen and oxygen atoms in total. The molecule has 116 valence electrons. The Morgan fingerprint density at radius 3 is 2.57 bits per heavy atom. The van der Waals surface area contributed by atoms with E-state index in [1.54, 1.807) is 20.8 Å². The van der Waals surface area contributed by atoms with Crippen molar-refractivity contribution < 1.29 is 23.6 Å². The molecule has 0 fully saturated rings. The number of nitrogens with zero attached hydrogens (tertiary/aromatic N) is 1. The van der Waals surface area contributed by atoms with Gasteiger partial charge < -0.3 is 14.6 Å². The molecule has 0 aliphatic rings. The summed E-state index contributed by atoms with van der Waals surface area (Å²) in [6.45, 7) is 6.35. The summed E-state index contributed by atoms with van der Waals surface area (Å²) in [6.07, 6.45) is 0.505. The van der Waals surface area contributed by atoms with Gasteiger partial charge in [0, 0.05) is 6.04 Å². The molecule has 1 rings (SSSR count). The van der Waals surface area contributed by atoms with Gasteiger partial charge in [-0.1, -0.05) is 12.1 Å². The van der Waals surface area contributed by atoms with Crippen LogP contribution in [0.15, 0.2) is 4.52 Å². The van der Waals surface area contributed by atoms with Gasteiger partial charge in [0.15, 0.2) is 6.61 Å². The highest BCUT2D eigenvalue weighted by atomic mass is 16.5. The van der Waals surface area contributed by atoms with E-state index in [2.05, 4.69) is 10.5 Å². The van der Waals surface area contributed by atoms with Crippen LogP contribution in [-0.4, -0.2) is 35.7 Å². The largest absolute Gasteiger partial charge is 0.452 e. The van der Waals surface area contributed by atoms with Crippen molar-refractivity contribution in [1.82, 2.24) is 15.8 Å². The molecule has 0 aromatic carbocycles. The highest BCUT2D eigenvalue weighted by Crippen LogP contribution is 2.14. The third-order valence-corrected chi connectivity index (χ3v) is 2.48. The zero-order valence-electron chi connectivity index (χ0n) is 12.5. The Balaban J connectivity index is 2.51. The maximum absolute atomic E-state index is 11.9. The van der Waals surface area contributed by atoms with Crippen LogP contribution in [0.4, 0.5) is 4.79 Å². The van der Waals surface area contributed by atoms with Crippen molar-refractivity contribution in [3.8, 4) is 0 Å². The normalized spacial score (nSPS) is 10.3. The third kappa shape index (κ3) is 4.90. The summed E-state index contributed by atoms with van der Waals surface area (Å²) in [4.78, 5) is 34.6. The fraction of sp³-hybridized carbons (Fsp3) is 0.538. The summed E-state index contributed by atoms with van der Waals surface area (Å²) in [5.74, 6) is -1.09. The average Bonchev–Trinajstić information content (AvgIpc) is 2.76. The van der Waals surface area contributed by atoms with Crippen LogP contribution in [0.5, 0.6) is 0 Å². The lowest BCUT2D eigenvalue weighted by Crippen LogP contribution is -2.44. The molecular weight excluding hydrogens is 278 g/mol. The quantitative estimate of drug-likeness (QED) is 0.782. The van der Waals surface area contributed by atoms with Gasteiger partial charge in [-0.2, -0.15) is 0 Å². The molecular formula is C13H19N3O5. The Kier molecular flexibility index (Phi) is 5.89. The first-order valence-corrected chi connectivity index (χ1v) is 6.57. The highest BCUT2D eigenvalue weighted by Gasteiger charge is 2.21. The summed E-state index contributed by atoms with van der Waals surface area (Å²) in [5, 5.41) is 8.25. The molecule has 1 aromatic heterocycles. The molecule has 3 amide bonds. The second-order valence-electron chi connectivity index (χ2n) is 4.67. The number of rotatable bonds is 5. The van der Waals surface area contributed by atoms with Crippen LogP contribution < -0.4 is 10.6 Å². The van der Waals surface area contributed by atoms with Crippen molar-refractivity contribution in [3.63, 3.8) is 0 Å². The van der Waals surface area contributed by atoms with Gasteiger partial charge in [0.2, 0.25) is 0 Å². The number of carbonyl (C=O) groups is 3. The molecule has 1 aromatic rings. The van der Waals surface area contributed by atoms with Gasteiger partial charge in [-0.25, -0.2) is 9.59 Å². The van der Waals surface area contributed by atoms with Crippen LogP contribution in [0, 0.1) is 6.92 Å². The summed E-state index contributed by atoms with van der Waals surface area (Å²) in [7, 11) is 0. The third-order valence-electron chi connectivity index (χ3n) is 2.48. The minimum atomic E-state index is -0.714. The number of aromatic nitrogens is 1. The minimum absolute atomic E-state index is 0.105. The average molecular weight is 297 g/mol. The predicted octanol–water partition coefficient (Wildman–Crippen LogP) is 0.936. The Hall–Kier alpha value is -2.38. The molecule has 2 N–H and O–H groups in total. The van der Waals surface area contributed by atoms with E-state index in [9.17, 15) is 14.4 Å². The topological polar surface area (TPSA) is 111 Å². The molecule has 0 spiro atoms. The molecule has 21 heavy (non-hydrogen) atoms. The summed E-state index contributed by atoms with van der Waals surface area (Å²) in [6, 6.07) is -0.742. The molecule has 0 radical (unpaired) electrons. The van der Waals surface area contributed by atoms with E-state index >= 15 is 0 Å². The fourth-order valence-corrected chi connectivity index (χ4v) is 1.59. The molecule has 0 aliphatic heterocycles. The van der Waals surface area contributed by atoms with E-state index in [0.29, 0.717) is 17.9 Å². The van der Waals surface area contributed by atoms with Gasteiger partial charge in [0.1, 0.15) is 11.3 Å². The Labute approximate surface area is 122 Å². The van der Waals surface area contributed by atoms with E-state index in [-0.39, 0.29) is 11.6 Å². The van der Waals surface area contributed by atoms with Crippen LogP contribution in [0.2, 0.25) is 0 Å². The first kappa shape index (κ1) is 16.7. The molecule has 0 unspecified atom stereocenters. The van der Waals surface area contributed by atoms with Gasteiger partial charge in [-0.05, 0) is 27.2 Å². The van der Waals surface area contributed by atoms with Crippen LogP contribution >= 0.6 is 0 Å². The Morgan fingerprint density at radius 2 is 2.00 bits per heavy atom. The molecule has 0 aliphatic carbocycles. The summed E-state index contributed by atoms with van der Waals surface area (Å²) < 4.78 is 9.75. The lowest BCUT2D eigenvalue weighted by molar-refractivity contribution is -0.123. The number of hydrogen-bond donors (Lipinski definition) is 2. The number of imide groups is 1. The zero-order chi connectivity index (χ0) is 16.0. The second-order valence-corrected chi connectivity index (χ2v) is 4.67. The number of carbonyl (C=O) groups excluding carboxylic acids is 3. The van der Waals surface area contributed by atoms with Crippen molar-refractivity contribution in [2.75, 3.05) is 6.61 Å². The molecule has 0 saturated heterocycles. The number of urea groups is 1. The molecule has 8 heteroatoms. The van der Waals surface area contributed by atoms with Crippen LogP contribution in [-0.2, 0) is 16.0 Å². The van der Waals surface area contributed by atoms with Crippen molar-refractivity contribution in [3.05, 3.63) is 17.0 Å². The van der Waals surface area contributed by atoms with E-state index in [1.807, 2.05) is 12.2 Å². The second kappa shape index (κ2) is 7.41. The molecule has 0 saturated carbocycles. The first-order valence-electron chi connectivity index (χ1n) is 6.57. The predicted molar refractivity (Wildman–Crippen MR) is 72.7 cm³/mol. The number of hydrogen-bond acceptors (Lipinski definition) is 6. The van der Waals surface area contributed by atoms with Crippen LogP contribution in [0.1, 0.15) is 42.6 Å². The van der Waals surface area contributed by atoms with Gasteiger partial charge >= 0.3 is 12.0 Å². The van der Waals surface area contributed by atoms with Gasteiger partial charge in [0.05, 0.1) is 5.69 Å². The van der Waals surface area contributed by atoms with Crippen LogP contribution in [0.25, 0.3) is 0 Å². The number of esters is 1. The first-order chi connectivity index (χ1) is 9.85. The maximum atomic E-state index is 11.9. The molecule has 0 atom stereocenters. The lowest BCUT2D eigenvalue weighted by Gasteiger charge is -2.09. The highest BCUT2D eigenvalue weighted by molar-refractivity contribution is 5.97. The SMILES string of the molecule is CCc1noc(C)c1C(=O)OCC(=O)NC(=O)NC(C)C. The fourth-order valence-electron chi connectivity index (χ4n) is 1.59. The van der Waals surface area contributed by atoms with Crippen molar-refractivity contribution in [2.24, 2.45) is 0 Å². The monoisotopic (exact) mass is 297 g/mol. The van der Waals surface area contributed by atoms with Crippen molar-refractivity contribution >= 4 is 17.9 Å². The van der Waals surface area contributed by atoms with E-state index in [4.69, 9.17) is 9.26 Å². The molecule has 1 heterocycles.